The van der Waals surface area contributed by atoms with E-state index in [-0.39, 0.29) is 24.9 Å². The molecule has 0 aliphatic rings. The van der Waals surface area contributed by atoms with E-state index in [4.69, 9.17) is 13.8 Å². The van der Waals surface area contributed by atoms with Gasteiger partial charge in [-0.2, -0.15) is 0 Å². The van der Waals surface area contributed by atoms with Crippen molar-refractivity contribution in [2.24, 2.45) is 0 Å². The van der Waals surface area contributed by atoms with E-state index >= 15 is 0 Å². The highest BCUT2D eigenvalue weighted by Crippen LogP contribution is 2.38. The number of rotatable bonds is 64. The molecule has 0 fully saturated rings. The van der Waals surface area contributed by atoms with Crippen molar-refractivity contribution in [3.63, 3.8) is 0 Å². The fourth-order valence-electron chi connectivity index (χ4n) is 10.1. The molecular weight excluding hydrogens is 1050 g/mol. The summed E-state index contributed by atoms with van der Waals surface area (Å²) >= 11 is 0. The van der Waals surface area contributed by atoms with Gasteiger partial charge in [-0.3, -0.25) is 14.2 Å². The minimum Gasteiger partial charge on any atom is -0.756 e. The Bertz CT molecular complexity index is 1650. The van der Waals surface area contributed by atoms with E-state index in [0.717, 1.165) is 89.9 Å². The van der Waals surface area contributed by atoms with Crippen molar-refractivity contribution in [1.29, 1.82) is 0 Å². The average molecular weight is 1180 g/mol. The van der Waals surface area contributed by atoms with Crippen molar-refractivity contribution in [3.05, 3.63) is 72.9 Å². The molecule has 484 valence electrons. The highest BCUT2D eigenvalue weighted by molar-refractivity contribution is 7.45. The minimum absolute atomic E-state index is 0.0249. The van der Waals surface area contributed by atoms with Gasteiger partial charge in [0.25, 0.3) is 7.82 Å². The van der Waals surface area contributed by atoms with Crippen molar-refractivity contribution in [1.82, 2.24) is 5.32 Å². The molecule has 0 rings (SSSR count). The molecule has 0 bridgehead atoms. The Morgan fingerprint density at radius 3 is 1.12 bits per heavy atom. The molecule has 1 N–H and O–H groups in total. The van der Waals surface area contributed by atoms with Gasteiger partial charge in [-0.05, 0) is 102 Å². The fourth-order valence-corrected chi connectivity index (χ4v) is 10.9. The molecular formula is C73H135N2O7P. The largest absolute Gasteiger partial charge is 0.756 e. The van der Waals surface area contributed by atoms with E-state index in [2.05, 4.69) is 86.8 Å². The molecule has 0 saturated carbocycles. The Labute approximate surface area is 514 Å². The van der Waals surface area contributed by atoms with Crippen LogP contribution in [0.15, 0.2) is 72.9 Å². The van der Waals surface area contributed by atoms with Crippen molar-refractivity contribution in [3.8, 4) is 0 Å². The average Bonchev–Trinajstić information content (AvgIpc) is 3.47. The number of phosphoric acid groups is 1. The Morgan fingerprint density at radius 2 is 0.735 bits per heavy atom. The number of nitrogens with one attached hydrogen (secondary N) is 1. The standard InChI is InChI=1S/C73H135N2O7P/c1-7-10-13-16-19-22-25-28-30-32-33-34-35-36-37-38-39-40-41-43-45-48-51-54-57-60-63-66-73(77)82-71(64-61-58-55-52-49-46-27-24-21-18-15-12-9-3)70(69-81-83(78,79)80-68-67-75(4,5)6)74-72(76)65-62-59-56-53-50-47-44-42-31-29-26-23-20-17-14-11-8-2/h19-20,22-23,28-31,33-34,61,64,70-71H,7-18,21,24-27,32,35-60,62-63,65-69H2,1-6H3,(H-,74,76,78,79)/b22-19-,23-20-,30-28-,31-29-,34-33-,64-61-. The first-order valence-electron chi connectivity index (χ1n) is 35.2. The Hall–Kier alpha value is -2.55. The van der Waals surface area contributed by atoms with Gasteiger partial charge in [-0.25, -0.2) is 0 Å². The maximum atomic E-state index is 13.6. The van der Waals surface area contributed by atoms with Gasteiger partial charge in [-0.15, -0.1) is 0 Å². The Balaban J connectivity index is 5.07. The lowest BCUT2D eigenvalue weighted by Crippen LogP contribution is -2.47. The SMILES string of the molecule is CCCCC/C=C\C/C=C\C/C=C\CCCCCCCCCCCCCCCCC(=O)OC(/C=C\CCCCCCCCCCCCC)C(COP(=O)([O-])OCC[N+](C)(C)C)NC(=O)CCCCCCCCC/C=C\C/C=C\CCCCC. The highest BCUT2D eigenvalue weighted by Gasteiger charge is 2.27. The second kappa shape index (κ2) is 62.5. The van der Waals surface area contributed by atoms with E-state index in [9.17, 15) is 19.0 Å². The van der Waals surface area contributed by atoms with Gasteiger partial charge in [0.15, 0.2) is 0 Å². The van der Waals surface area contributed by atoms with E-state index < -0.39 is 26.6 Å². The second-order valence-corrected chi connectivity index (χ2v) is 26.4. The Kier molecular flexibility index (Phi) is 60.6. The normalized spacial score (nSPS) is 14.0. The van der Waals surface area contributed by atoms with Gasteiger partial charge < -0.3 is 28.5 Å². The van der Waals surface area contributed by atoms with Crippen LogP contribution in [-0.4, -0.2) is 69.4 Å². The molecule has 3 atom stereocenters. The molecule has 10 heteroatoms. The molecule has 0 aromatic heterocycles. The van der Waals surface area contributed by atoms with Gasteiger partial charge in [-0.1, -0.05) is 287 Å². The molecule has 0 aromatic rings. The topological polar surface area (TPSA) is 114 Å². The number of nitrogens with zero attached hydrogens (tertiary/aromatic N) is 1. The zero-order valence-electron chi connectivity index (χ0n) is 55.4. The summed E-state index contributed by atoms with van der Waals surface area (Å²) in [7, 11) is 1.18. The first-order valence-corrected chi connectivity index (χ1v) is 36.7. The molecule has 9 nitrogen and oxygen atoms in total. The molecule has 83 heavy (non-hydrogen) atoms. The summed E-state index contributed by atoms with van der Waals surface area (Å²) in [5, 5.41) is 3.04. The van der Waals surface area contributed by atoms with Crippen LogP contribution in [0.3, 0.4) is 0 Å². The van der Waals surface area contributed by atoms with Crippen LogP contribution in [-0.2, 0) is 27.9 Å². The fraction of sp³-hybridized carbons (Fsp3) is 0.808. The molecule has 0 aromatic carbocycles. The third-order valence-electron chi connectivity index (χ3n) is 15.6. The second-order valence-electron chi connectivity index (χ2n) is 25.0. The molecule has 0 heterocycles. The quantitative estimate of drug-likeness (QED) is 0.0212. The van der Waals surface area contributed by atoms with Gasteiger partial charge in [0.05, 0.1) is 33.8 Å². The lowest BCUT2D eigenvalue weighted by atomic mass is 10.0. The molecule has 3 unspecified atom stereocenters. The van der Waals surface area contributed by atoms with E-state index in [1.54, 1.807) is 0 Å². The summed E-state index contributed by atoms with van der Waals surface area (Å²) in [5.74, 6) is -0.541. The van der Waals surface area contributed by atoms with Crippen LogP contribution >= 0.6 is 7.82 Å². The summed E-state index contributed by atoms with van der Waals surface area (Å²) in [6.45, 7) is 6.82. The van der Waals surface area contributed by atoms with Crippen molar-refractivity contribution in [2.45, 2.75) is 341 Å². The molecule has 0 radical (unpaired) electrons. The molecule has 0 saturated heterocycles. The van der Waals surface area contributed by atoms with E-state index in [1.807, 2.05) is 33.3 Å². The van der Waals surface area contributed by atoms with Crippen LogP contribution in [0, 0.1) is 0 Å². The van der Waals surface area contributed by atoms with Crippen molar-refractivity contribution >= 4 is 19.7 Å². The third-order valence-corrected chi connectivity index (χ3v) is 16.6. The number of phosphoric ester groups is 1. The Morgan fingerprint density at radius 1 is 0.422 bits per heavy atom. The predicted molar refractivity (Wildman–Crippen MR) is 358 cm³/mol. The zero-order valence-corrected chi connectivity index (χ0v) is 56.3. The molecule has 0 spiro atoms. The van der Waals surface area contributed by atoms with Gasteiger partial charge in [0, 0.05) is 12.8 Å². The smallest absolute Gasteiger partial charge is 0.306 e. The van der Waals surface area contributed by atoms with Gasteiger partial charge in [0.1, 0.15) is 19.3 Å². The maximum absolute atomic E-state index is 13.6. The first-order chi connectivity index (χ1) is 40.4. The van der Waals surface area contributed by atoms with Crippen LogP contribution < -0.4 is 10.2 Å². The van der Waals surface area contributed by atoms with Gasteiger partial charge >= 0.3 is 5.97 Å². The number of hydrogen-bond donors (Lipinski definition) is 1. The van der Waals surface area contributed by atoms with Crippen molar-refractivity contribution in [2.75, 3.05) is 40.9 Å². The first kappa shape index (κ1) is 80.5. The van der Waals surface area contributed by atoms with Crippen LogP contribution in [0.4, 0.5) is 0 Å². The number of unbranched alkanes of at least 4 members (excludes halogenated alkanes) is 38. The summed E-state index contributed by atoms with van der Waals surface area (Å²) in [5.41, 5.74) is 0. The van der Waals surface area contributed by atoms with E-state index in [1.165, 1.54) is 205 Å². The lowest BCUT2D eigenvalue weighted by Gasteiger charge is -2.30. The minimum atomic E-state index is -4.71. The number of carbonyl (C=O) groups is 2. The molecule has 0 aliphatic heterocycles. The number of esters is 1. The van der Waals surface area contributed by atoms with Gasteiger partial charge in [0.2, 0.25) is 5.91 Å². The summed E-state index contributed by atoms with van der Waals surface area (Å²) < 4.78 is 30.4. The number of quaternary nitrogens is 1. The summed E-state index contributed by atoms with van der Waals surface area (Å²) in [4.78, 5) is 40.2. The number of carbonyl (C=O) groups excluding carboxylic acids is 2. The van der Waals surface area contributed by atoms with Crippen LogP contribution in [0.1, 0.15) is 329 Å². The van der Waals surface area contributed by atoms with Crippen LogP contribution in [0.2, 0.25) is 0 Å². The monoisotopic (exact) mass is 1180 g/mol. The maximum Gasteiger partial charge on any atom is 0.306 e. The predicted octanol–water partition coefficient (Wildman–Crippen LogP) is 21.7. The number of amides is 1. The number of likely N-dealkylation sites (N-methyl/N-ethyl adjacent to an activating group) is 1. The van der Waals surface area contributed by atoms with Crippen LogP contribution in [0.25, 0.3) is 0 Å². The molecule has 1 amide bonds. The van der Waals surface area contributed by atoms with Crippen molar-refractivity contribution < 1.29 is 37.3 Å². The third kappa shape index (κ3) is 63.8. The summed E-state index contributed by atoms with van der Waals surface area (Å²) in [6, 6.07) is -0.895. The zero-order chi connectivity index (χ0) is 60.7. The summed E-state index contributed by atoms with van der Waals surface area (Å²) in [6.07, 6.45) is 81.6. The number of allylic oxidation sites excluding steroid dienone is 11. The van der Waals surface area contributed by atoms with E-state index in [0.29, 0.717) is 17.4 Å². The number of hydrogen-bond acceptors (Lipinski definition) is 7. The van der Waals surface area contributed by atoms with Crippen LogP contribution in [0.5, 0.6) is 0 Å². The number of ether oxygens (including phenoxy) is 1. The highest BCUT2D eigenvalue weighted by atomic mass is 31.2. The molecule has 0 aliphatic carbocycles. The lowest BCUT2D eigenvalue weighted by molar-refractivity contribution is -0.870.